The molecular formula is C15H19N5O2S. The highest BCUT2D eigenvalue weighted by Crippen LogP contribution is 2.24. The van der Waals surface area contributed by atoms with E-state index >= 15 is 0 Å². The van der Waals surface area contributed by atoms with Gasteiger partial charge in [-0.25, -0.2) is 0 Å². The molecule has 2 aliphatic heterocycles. The van der Waals surface area contributed by atoms with Gasteiger partial charge in [0, 0.05) is 30.9 Å². The molecule has 1 aromatic rings. The Bertz CT molecular complexity index is 625. The van der Waals surface area contributed by atoms with Crippen molar-refractivity contribution in [2.75, 3.05) is 23.3 Å². The molecule has 0 saturated carbocycles. The normalized spacial score (nSPS) is 22.4. The van der Waals surface area contributed by atoms with Crippen LogP contribution >= 0.6 is 11.8 Å². The maximum atomic E-state index is 12.1. The Morgan fingerprint density at radius 1 is 1.35 bits per heavy atom. The van der Waals surface area contributed by atoms with E-state index in [-0.39, 0.29) is 18.2 Å². The molecule has 3 rings (SSSR count). The van der Waals surface area contributed by atoms with E-state index in [9.17, 15) is 9.59 Å². The number of hydrogen-bond acceptors (Lipinski definition) is 6. The zero-order valence-electron chi connectivity index (χ0n) is 12.6. The van der Waals surface area contributed by atoms with Crippen molar-refractivity contribution in [1.82, 2.24) is 5.32 Å². The molecule has 8 heteroatoms. The summed E-state index contributed by atoms with van der Waals surface area (Å²) in [6.45, 7) is 2.18. The second-order valence-corrected chi connectivity index (χ2v) is 6.71. The SMILES string of the molecule is NN=C1NC(=O)C(CC(=O)Nc2ccc(N3CCCC3)cc2)S1. The predicted molar refractivity (Wildman–Crippen MR) is 92.3 cm³/mol. The van der Waals surface area contributed by atoms with Gasteiger partial charge in [-0.15, -0.1) is 0 Å². The van der Waals surface area contributed by atoms with Crippen molar-refractivity contribution >= 4 is 40.1 Å². The van der Waals surface area contributed by atoms with Crippen LogP contribution in [0.3, 0.4) is 0 Å². The molecule has 1 aromatic carbocycles. The highest BCUT2D eigenvalue weighted by Gasteiger charge is 2.32. The molecule has 2 aliphatic rings. The molecule has 2 fully saturated rings. The van der Waals surface area contributed by atoms with Crippen molar-refractivity contribution in [2.45, 2.75) is 24.5 Å². The summed E-state index contributed by atoms with van der Waals surface area (Å²) in [7, 11) is 0. The quantitative estimate of drug-likeness (QED) is 0.565. The van der Waals surface area contributed by atoms with E-state index in [0.717, 1.165) is 18.8 Å². The number of thioether (sulfide) groups is 1. The van der Waals surface area contributed by atoms with E-state index in [1.165, 1.54) is 30.3 Å². The van der Waals surface area contributed by atoms with Crippen LogP contribution in [0.5, 0.6) is 0 Å². The molecule has 1 atom stereocenters. The van der Waals surface area contributed by atoms with Crippen LogP contribution in [0.15, 0.2) is 29.4 Å². The maximum absolute atomic E-state index is 12.1. The average Bonchev–Trinajstić information content (AvgIpc) is 3.18. The Morgan fingerprint density at radius 2 is 2.04 bits per heavy atom. The largest absolute Gasteiger partial charge is 0.372 e. The van der Waals surface area contributed by atoms with E-state index in [4.69, 9.17) is 5.84 Å². The molecule has 0 aromatic heterocycles. The molecular weight excluding hydrogens is 314 g/mol. The number of nitrogens with two attached hydrogens (primary N) is 1. The fourth-order valence-electron chi connectivity index (χ4n) is 2.71. The van der Waals surface area contributed by atoms with Gasteiger partial charge in [0.05, 0.1) is 0 Å². The van der Waals surface area contributed by atoms with Crippen molar-refractivity contribution < 1.29 is 9.59 Å². The predicted octanol–water partition coefficient (Wildman–Crippen LogP) is 1.08. The minimum Gasteiger partial charge on any atom is -0.372 e. The van der Waals surface area contributed by atoms with Crippen molar-refractivity contribution in [3.05, 3.63) is 24.3 Å². The molecule has 7 nitrogen and oxygen atoms in total. The second-order valence-electron chi connectivity index (χ2n) is 5.52. The van der Waals surface area contributed by atoms with Gasteiger partial charge in [0.25, 0.3) is 0 Å². The number of rotatable bonds is 4. The summed E-state index contributed by atoms with van der Waals surface area (Å²) in [6, 6.07) is 7.80. The van der Waals surface area contributed by atoms with Crippen LogP contribution in [-0.4, -0.2) is 35.3 Å². The summed E-state index contributed by atoms with van der Waals surface area (Å²) in [5.74, 6) is 4.69. The third kappa shape index (κ3) is 3.76. The summed E-state index contributed by atoms with van der Waals surface area (Å²) in [6.07, 6.45) is 2.55. The van der Waals surface area contributed by atoms with Crippen LogP contribution in [0, 0.1) is 0 Å². The van der Waals surface area contributed by atoms with E-state index in [1.54, 1.807) is 0 Å². The molecule has 1 unspecified atom stereocenters. The summed E-state index contributed by atoms with van der Waals surface area (Å²) < 4.78 is 0. The number of benzene rings is 1. The summed E-state index contributed by atoms with van der Waals surface area (Å²) in [5, 5.41) is 8.65. The summed E-state index contributed by atoms with van der Waals surface area (Å²) in [5.41, 5.74) is 1.91. The lowest BCUT2D eigenvalue weighted by Crippen LogP contribution is -2.28. The number of amidine groups is 1. The Balaban J connectivity index is 1.54. The number of amides is 2. The number of anilines is 2. The zero-order chi connectivity index (χ0) is 16.2. The average molecular weight is 333 g/mol. The van der Waals surface area contributed by atoms with E-state index in [0.29, 0.717) is 5.17 Å². The number of carbonyl (C=O) groups excluding carboxylic acids is 2. The first-order valence-electron chi connectivity index (χ1n) is 7.56. The third-order valence-electron chi connectivity index (χ3n) is 3.89. The lowest BCUT2D eigenvalue weighted by Gasteiger charge is -2.17. The Kier molecular flexibility index (Phi) is 4.71. The first-order valence-corrected chi connectivity index (χ1v) is 8.44. The van der Waals surface area contributed by atoms with Gasteiger partial charge < -0.3 is 21.4 Å². The van der Waals surface area contributed by atoms with E-state index in [2.05, 4.69) is 20.6 Å². The van der Waals surface area contributed by atoms with Crippen LogP contribution < -0.4 is 21.4 Å². The van der Waals surface area contributed by atoms with E-state index < -0.39 is 5.25 Å². The number of nitrogens with one attached hydrogen (secondary N) is 2. The van der Waals surface area contributed by atoms with Crippen LogP contribution in [0.1, 0.15) is 19.3 Å². The molecule has 0 bridgehead atoms. The van der Waals surface area contributed by atoms with Gasteiger partial charge >= 0.3 is 0 Å². The van der Waals surface area contributed by atoms with Crippen molar-refractivity contribution in [1.29, 1.82) is 0 Å². The van der Waals surface area contributed by atoms with Gasteiger partial charge in [-0.1, -0.05) is 11.8 Å². The number of hydrogen-bond donors (Lipinski definition) is 3. The lowest BCUT2D eigenvalue weighted by atomic mass is 10.2. The molecule has 4 N–H and O–H groups in total. The molecule has 2 amide bonds. The zero-order valence-corrected chi connectivity index (χ0v) is 13.4. The van der Waals surface area contributed by atoms with E-state index in [1.807, 2.05) is 24.3 Å². The van der Waals surface area contributed by atoms with Crippen molar-refractivity contribution in [3.8, 4) is 0 Å². The number of carbonyl (C=O) groups is 2. The second kappa shape index (κ2) is 6.91. The fourth-order valence-corrected chi connectivity index (χ4v) is 3.60. The van der Waals surface area contributed by atoms with Gasteiger partial charge in [0.15, 0.2) is 5.17 Å². The van der Waals surface area contributed by atoms with Crippen molar-refractivity contribution in [3.63, 3.8) is 0 Å². The first kappa shape index (κ1) is 15.7. The number of hydrazone groups is 1. The van der Waals surface area contributed by atoms with Crippen LogP contribution in [0.4, 0.5) is 11.4 Å². The molecule has 2 saturated heterocycles. The summed E-state index contributed by atoms with van der Waals surface area (Å²) in [4.78, 5) is 26.1. The highest BCUT2D eigenvalue weighted by molar-refractivity contribution is 8.15. The maximum Gasteiger partial charge on any atom is 0.240 e. The van der Waals surface area contributed by atoms with Gasteiger partial charge in [-0.3, -0.25) is 9.59 Å². The highest BCUT2D eigenvalue weighted by atomic mass is 32.2. The van der Waals surface area contributed by atoms with Gasteiger partial charge in [0.1, 0.15) is 5.25 Å². The molecule has 23 heavy (non-hydrogen) atoms. The van der Waals surface area contributed by atoms with Crippen LogP contribution in [0.2, 0.25) is 0 Å². The lowest BCUT2D eigenvalue weighted by molar-refractivity contribution is -0.122. The monoisotopic (exact) mass is 333 g/mol. The van der Waals surface area contributed by atoms with Gasteiger partial charge in [-0.05, 0) is 37.1 Å². The molecule has 122 valence electrons. The van der Waals surface area contributed by atoms with Crippen LogP contribution in [-0.2, 0) is 9.59 Å². The Hall–Kier alpha value is -2.22. The minimum atomic E-state index is -0.485. The third-order valence-corrected chi connectivity index (χ3v) is 4.98. The Morgan fingerprint density at radius 3 is 2.65 bits per heavy atom. The molecule has 0 spiro atoms. The first-order chi connectivity index (χ1) is 11.2. The molecule has 2 heterocycles. The smallest absolute Gasteiger partial charge is 0.240 e. The fraction of sp³-hybridized carbons (Fsp3) is 0.400. The number of nitrogens with zero attached hydrogens (tertiary/aromatic N) is 2. The van der Waals surface area contributed by atoms with Gasteiger partial charge in [-0.2, -0.15) is 5.10 Å². The Labute approximate surface area is 138 Å². The topological polar surface area (TPSA) is 99.8 Å². The van der Waals surface area contributed by atoms with Gasteiger partial charge in [0.2, 0.25) is 11.8 Å². The standard InChI is InChI=1S/C15H19N5O2S/c16-19-15-18-14(22)12(23-15)9-13(21)17-10-3-5-11(6-4-10)20-7-1-2-8-20/h3-6,12H,1-2,7-9,16H2,(H,17,21)(H,18,19,22). The van der Waals surface area contributed by atoms with Crippen molar-refractivity contribution in [2.24, 2.45) is 10.9 Å². The molecule has 0 aliphatic carbocycles. The summed E-state index contributed by atoms with van der Waals surface area (Å²) >= 11 is 1.17. The molecule has 0 radical (unpaired) electrons. The van der Waals surface area contributed by atoms with Crippen LogP contribution in [0.25, 0.3) is 0 Å². The minimum absolute atomic E-state index is 0.0867.